The summed E-state index contributed by atoms with van der Waals surface area (Å²) in [6.45, 7) is 0.240. The van der Waals surface area contributed by atoms with E-state index in [-0.39, 0.29) is 25.2 Å². The lowest BCUT2D eigenvalue weighted by Crippen LogP contribution is -2.48. The summed E-state index contributed by atoms with van der Waals surface area (Å²) in [5, 5.41) is 9.40. The fourth-order valence-electron chi connectivity index (χ4n) is 2.23. The van der Waals surface area contributed by atoms with Gasteiger partial charge in [-0.05, 0) is 24.1 Å². The van der Waals surface area contributed by atoms with Crippen molar-refractivity contribution in [2.24, 2.45) is 5.41 Å². The Labute approximate surface area is 111 Å². The molecule has 1 aromatic rings. The van der Waals surface area contributed by atoms with Crippen molar-refractivity contribution in [1.82, 2.24) is 0 Å². The van der Waals surface area contributed by atoms with Crippen LogP contribution in [0, 0.1) is 5.41 Å². The summed E-state index contributed by atoms with van der Waals surface area (Å²) in [4.78, 5) is 23.5. The normalized spacial score (nSPS) is 23.1. The van der Waals surface area contributed by atoms with Crippen molar-refractivity contribution in [2.45, 2.75) is 12.8 Å². The first-order chi connectivity index (χ1) is 9.08. The maximum absolute atomic E-state index is 12.0. The van der Waals surface area contributed by atoms with Crippen LogP contribution in [0.2, 0.25) is 0 Å². The summed E-state index contributed by atoms with van der Waals surface area (Å²) in [6, 6.07) is 7.04. The Morgan fingerprint density at radius 2 is 2.11 bits per heavy atom. The monoisotopic (exact) mass is 264 g/mol. The second-order valence-corrected chi connectivity index (χ2v) is 4.64. The summed E-state index contributed by atoms with van der Waals surface area (Å²) in [6.07, 6.45) is 0.299. The summed E-state index contributed by atoms with van der Waals surface area (Å²) >= 11 is 0. The first-order valence-electron chi connectivity index (χ1n) is 6.06. The van der Waals surface area contributed by atoms with E-state index in [1.807, 2.05) is 0 Å². The minimum absolute atomic E-state index is 0.0623. The van der Waals surface area contributed by atoms with E-state index in [2.05, 4.69) is 0 Å². The van der Waals surface area contributed by atoms with Gasteiger partial charge in [0.15, 0.2) is 11.2 Å². The number of aliphatic carboxylic acids is 1. The van der Waals surface area contributed by atoms with E-state index >= 15 is 0 Å². The molecule has 0 saturated carbocycles. The van der Waals surface area contributed by atoms with Crippen molar-refractivity contribution >= 4 is 11.8 Å². The first kappa shape index (κ1) is 13.5. The van der Waals surface area contributed by atoms with E-state index in [1.54, 1.807) is 31.4 Å². The molecule has 1 unspecified atom stereocenters. The molecule has 5 heteroatoms. The van der Waals surface area contributed by atoms with Crippen molar-refractivity contribution in [3.05, 3.63) is 29.8 Å². The van der Waals surface area contributed by atoms with Gasteiger partial charge in [-0.1, -0.05) is 12.1 Å². The van der Waals surface area contributed by atoms with Crippen LogP contribution in [-0.2, 0) is 20.7 Å². The van der Waals surface area contributed by atoms with Crippen molar-refractivity contribution in [1.29, 1.82) is 0 Å². The molecule has 0 aromatic heterocycles. The number of carbonyl (C=O) groups excluding carboxylic acids is 1. The number of ketones is 1. The topological polar surface area (TPSA) is 72.8 Å². The van der Waals surface area contributed by atoms with Crippen LogP contribution in [0.5, 0.6) is 5.75 Å². The molecule has 1 aromatic carbocycles. The van der Waals surface area contributed by atoms with E-state index < -0.39 is 11.4 Å². The van der Waals surface area contributed by atoms with Crippen LogP contribution in [0.3, 0.4) is 0 Å². The number of hydrogen-bond acceptors (Lipinski definition) is 4. The molecule has 19 heavy (non-hydrogen) atoms. The minimum Gasteiger partial charge on any atom is -0.497 e. The third-order valence-electron chi connectivity index (χ3n) is 3.43. The average molecular weight is 264 g/mol. The van der Waals surface area contributed by atoms with Crippen molar-refractivity contribution in [3.8, 4) is 5.75 Å². The van der Waals surface area contributed by atoms with Gasteiger partial charge >= 0.3 is 5.97 Å². The average Bonchev–Trinajstić information content (AvgIpc) is 2.42. The van der Waals surface area contributed by atoms with E-state index in [0.29, 0.717) is 12.4 Å². The lowest BCUT2D eigenvalue weighted by Gasteiger charge is -2.31. The van der Waals surface area contributed by atoms with Gasteiger partial charge in [0.1, 0.15) is 5.75 Å². The van der Waals surface area contributed by atoms with Crippen LogP contribution in [0.1, 0.15) is 12.0 Å². The van der Waals surface area contributed by atoms with Crippen LogP contribution in [-0.4, -0.2) is 37.2 Å². The minimum atomic E-state index is -1.45. The van der Waals surface area contributed by atoms with Gasteiger partial charge in [0.05, 0.1) is 20.3 Å². The van der Waals surface area contributed by atoms with Gasteiger partial charge in [-0.2, -0.15) is 0 Å². The van der Waals surface area contributed by atoms with E-state index in [4.69, 9.17) is 9.47 Å². The number of methoxy groups -OCH3 is 1. The van der Waals surface area contributed by atoms with Crippen LogP contribution in [0.15, 0.2) is 24.3 Å². The van der Waals surface area contributed by atoms with E-state index in [1.165, 1.54) is 0 Å². The molecule has 1 heterocycles. The Kier molecular flexibility index (Phi) is 3.85. The maximum Gasteiger partial charge on any atom is 0.319 e. The third-order valence-corrected chi connectivity index (χ3v) is 3.43. The van der Waals surface area contributed by atoms with Crippen molar-refractivity contribution < 1.29 is 24.2 Å². The molecule has 0 bridgehead atoms. The molecule has 1 saturated heterocycles. The second kappa shape index (κ2) is 5.40. The third kappa shape index (κ3) is 2.61. The predicted molar refractivity (Wildman–Crippen MR) is 67.2 cm³/mol. The fourth-order valence-corrected chi connectivity index (χ4v) is 2.23. The zero-order chi connectivity index (χ0) is 13.9. The van der Waals surface area contributed by atoms with Crippen LogP contribution in [0.25, 0.3) is 0 Å². The molecular weight excluding hydrogens is 248 g/mol. The lowest BCUT2D eigenvalue weighted by molar-refractivity contribution is -0.164. The summed E-state index contributed by atoms with van der Waals surface area (Å²) in [7, 11) is 1.56. The highest BCUT2D eigenvalue weighted by molar-refractivity contribution is 6.04. The molecule has 5 nitrogen and oxygen atoms in total. The molecule has 1 aliphatic rings. The van der Waals surface area contributed by atoms with Crippen LogP contribution < -0.4 is 4.74 Å². The Hall–Kier alpha value is -1.88. The number of Topliss-reactive ketones (excluding diaryl/α,β-unsaturated/α-hetero) is 1. The quantitative estimate of drug-likeness (QED) is 0.830. The Morgan fingerprint density at radius 3 is 2.63 bits per heavy atom. The van der Waals surface area contributed by atoms with E-state index in [0.717, 1.165) is 5.56 Å². The number of carbonyl (C=O) groups is 2. The SMILES string of the molecule is COc1ccc(CC2(C(=O)O)COCCC2=O)cc1. The summed E-state index contributed by atoms with van der Waals surface area (Å²) in [5.74, 6) is -0.686. The zero-order valence-electron chi connectivity index (χ0n) is 10.7. The number of hydrogen-bond donors (Lipinski definition) is 1. The number of benzene rings is 1. The molecule has 2 rings (SSSR count). The Morgan fingerprint density at radius 1 is 1.42 bits per heavy atom. The molecule has 0 spiro atoms. The smallest absolute Gasteiger partial charge is 0.319 e. The van der Waals surface area contributed by atoms with Gasteiger partial charge in [-0.25, -0.2) is 0 Å². The molecule has 0 radical (unpaired) electrons. The standard InChI is InChI=1S/C14H16O5/c1-18-11-4-2-10(3-5-11)8-14(13(16)17)9-19-7-6-12(14)15/h2-5H,6-9H2,1H3,(H,16,17). The fraction of sp³-hybridized carbons (Fsp3) is 0.429. The number of ether oxygens (including phenoxy) is 2. The zero-order valence-corrected chi connectivity index (χ0v) is 10.7. The molecule has 0 amide bonds. The van der Waals surface area contributed by atoms with Crippen LogP contribution >= 0.6 is 0 Å². The molecule has 102 valence electrons. The molecule has 1 atom stereocenters. The second-order valence-electron chi connectivity index (χ2n) is 4.64. The van der Waals surface area contributed by atoms with E-state index in [9.17, 15) is 14.7 Å². The molecule has 1 aliphatic heterocycles. The van der Waals surface area contributed by atoms with Crippen molar-refractivity contribution in [2.75, 3.05) is 20.3 Å². The van der Waals surface area contributed by atoms with Crippen LogP contribution in [0.4, 0.5) is 0 Å². The highest BCUT2D eigenvalue weighted by Gasteiger charge is 2.47. The highest BCUT2D eigenvalue weighted by Crippen LogP contribution is 2.30. The van der Waals surface area contributed by atoms with Crippen molar-refractivity contribution in [3.63, 3.8) is 0 Å². The molecular formula is C14H16O5. The van der Waals surface area contributed by atoms with Gasteiger partial charge in [0, 0.05) is 6.42 Å². The van der Waals surface area contributed by atoms with Gasteiger partial charge in [-0.15, -0.1) is 0 Å². The summed E-state index contributed by atoms with van der Waals surface area (Å²) in [5.41, 5.74) is -0.672. The lowest BCUT2D eigenvalue weighted by atomic mass is 9.76. The largest absolute Gasteiger partial charge is 0.497 e. The van der Waals surface area contributed by atoms with Gasteiger partial charge in [0.2, 0.25) is 0 Å². The number of carboxylic acid groups (broad SMARTS) is 1. The Bertz CT molecular complexity index is 479. The number of carboxylic acids is 1. The van der Waals surface area contributed by atoms with Gasteiger partial charge in [0.25, 0.3) is 0 Å². The van der Waals surface area contributed by atoms with Gasteiger partial charge < -0.3 is 14.6 Å². The molecule has 1 fully saturated rings. The Balaban J connectivity index is 2.25. The number of rotatable bonds is 4. The molecule has 1 N–H and O–H groups in total. The predicted octanol–water partition coefficient (Wildman–Crippen LogP) is 1.30. The summed E-state index contributed by atoms with van der Waals surface area (Å²) < 4.78 is 10.3. The maximum atomic E-state index is 12.0. The highest BCUT2D eigenvalue weighted by atomic mass is 16.5. The first-order valence-corrected chi connectivity index (χ1v) is 6.06. The molecule has 0 aliphatic carbocycles. The van der Waals surface area contributed by atoms with Gasteiger partial charge in [-0.3, -0.25) is 9.59 Å².